The minimum atomic E-state index is -4.47. The number of alkyl halides is 3. The van der Waals surface area contributed by atoms with Crippen LogP contribution in [0.3, 0.4) is 0 Å². The standard InChI is InChI=1S/C17H21F3N6O/c18-17(19,20)13-8-14(22-10-21-13)23-12-4-6-26(7-5-12)9-15-24-16(27-25-15)11-2-1-3-11/h8,10-12H,1-7,9H2,(H,21,22,23). The van der Waals surface area contributed by atoms with E-state index in [9.17, 15) is 13.2 Å². The molecule has 0 bridgehead atoms. The van der Waals surface area contributed by atoms with Gasteiger partial charge in [-0.3, -0.25) is 4.90 Å². The lowest BCUT2D eigenvalue weighted by molar-refractivity contribution is -0.141. The molecular formula is C17H21F3N6O. The molecule has 0 unspecified atom stereocenters. The molecule has 2 aromatic rings. The van der Waals surface area contributed by atoms with Crippen LogP contribution in [0.5, 0.6) is 0 Å². The molecule has 1 saturated carbocycles. The topological polar surface area (TPSA) is 80.0 Å². The van der Waals surface area contributed by atoms with E-state index in [1.54, 1.807) is 0 Å². The Morgan fingerprint density at radius 1 is 1.15 bits per heavy atom. The van der Waals surface area contributed by atoms with E-state index in [0.717, 1.165) is 57.1 Å². The van der Waals surface area contributed by atoms with Crippen LogP contribution in [0.15, 0.2) is 16.9 Å². The highest BCUT2D eigenvalue weighted by molar-refractivity contribution is 5.36. The fourth-order valence-electron chi connectivity index (χ4n) is 3.39. The van der Waals surface area contributed by atoms with E-state index >= 15 is 0 Å². The van der Waals surface area contributed by atoms with Crippen molar-refractivity contribution in [1.82, 2.24) is 25.0 Å². The van der Waals surface area contributed by atoms with Crippen LogP contribution < -0.4 is 5.32 Å². The van der Waals surface area contributed by atoms with Gasteiger partial charge >= 0.3 is 6.18 Å². The highest BCUT2D eigenvalue weighted by Crippen LogP contribution is 2.35. The van der Waals surface area contributed by atoms with Crippen molar-refractivity contribution in [3.8, 4) is 0 Å². The lowest BCUT2D eigenvalue weighted by atomic mass is 9.85. The summed E-state index contributed by atoms with van der Waals surface area (Å²) >= 11 is 0. The fraction of sp³-hybridized carbons (Fsp3) is 0.647. The van der Waals surface area contributed by atoms with Crippen molar-refractivity contribution in [3.63, 3.8) is 0 Å². The number of rotatable bonds is 5. The lowest BCUT2D eigenvalue weighted by Crippen LogP contribution is -2.39. The van der Waals surface area contributed by atoms with E-state index in [-0.39, 0.29) is 11.9 Å². The lowest BCUT2D eigenvalue weighted by Gasteiger charge is -2.31. The molecule has 146 valence electrons. The van der Waals surface area contributed by atoms with Crippen LogP contribution in [-0.2, 0) is 12.7 Å². The second-order valence-corrected chi connectivity index (χ2v) is 7.16. The molecule has 1 saturated heterocycles. The van der Waals surface area contributed by atoms with Gasteiger partial charge in [0.05, 0.1) is 6.54 Å². The summed E-state index contributed by atoms with van der Waals surface area (Å²) < 4.78 is 43.6. The number of hydrogen-bond donors (Lipinski definition) is 1. The van der Waals surface area contributed by atoms with Crippen molar-refractivity contribution >= 4 is 5.82 Å². The van der Waals surface area contributed by atoms with Gasteiger partial charge in [-0.1, -0.05) is 11.6 Å². The molecule has 0 aromatic carbocycles. The number of piperidine rings is 1. The number of nitrogens with one attached hydrogen (secondary N) is 1. The molecule has 3 heterocycles. The molecule has 7 nitrogen and oxygen atoms in total. The van der Waals surface area contributed by atoms with Crippen molar-refractivity contribution in [2.45, 2.75) is 56.8 Å². The Morgan fingerprint density at radius 3 is 2.59 bits per heavy atom. The number of anilines is 1. The third-order valence-corrected chi connectivity index (χ3v) is 5.20. The molecule has 4 rings (SSSR count). The van der Waals surface area contributed by atoms with Gasteiger partial charge < -0.3 is 9.84 Å². The Balaban J connectivity index is 1.27. The second kappa shape index (κ2) is 7.41. The Labute approximate surface area is 154 Å². The second-order valence-electron chi connectivity index (χ2n) is 7.16. The van der Waals surface area contributed by atoms with E-state index < -0.39 is 11.9 Å². The summed E-state index contributed by atoms with van der Waals surface area (Å²) in [7, 11) is 0. The first kappa shape index (κ1) is 18.1. The first-order valence-corrected chi connectivity index (χ1v) is 9.18. The number of aromatic nitrogens is 4. The van der Waals surface area contributed by atoms with Crippen molar-refractivity contribution in [1.29, 1.82) is 0 Å². The van der Waals surface area contributed by atoms with Gasteiger partial charge in [-0.15, -0.1) is 0 Å². The van der Waals surface area contributed by atoms with Crippen LogP contribution in [0.1, 0.15) is 55.4 Å². The average molecular weight is 382 g/mol. The molecule has 1 aliphatic heterocycles. The molecule has 0 atom stereocenters. The van der Waals surface area contributed by atoms with Crippen LogP contribution in [0.25, 0.3) is 0 Å². The zero-order valence-electron chi connectivity index (χ0n) is 14.7. The molecule has 1 aliphatic carbocycles. The summed E-state index contributed by atoms with van der Waals surface area (Å²) in [4.78, 5) is 13.9. The summed E-state index contributed by atoms with van der Waals surface area (Å²) in [6, 6.07) is 1.03. The molecule has 2 aliphatic rings. The molecule has 2 aromatic heterocycles. The summed E-state index contributed by atoms with van der Waals surface area (Å²) in [5.41, 5.74) is -0.934. The van der Waals surface area contributed by atoms with Crippen molar-refractivity contribution in [3.05, 3.63) is 29.8 Å². The summed E-state index contributed by atoms with van der Waals surface area (Å²) in [6.45, 7) is 2.25. The van der Waals surface area contributed by atoms with Gasteiger partial charge in [0.1, 0.15) is 17.8 Å². The van der Waals surface area contributed by atoms with Crippen LogP contribution in [0, 0.1) is 0 Å². The quantitative estimate of drug-likeness (QED) is 0.850. The van der Waals surface area contributed by atoms with Crippen LogP contribution in [0.4, 0.5) is 19.0 Å². The zero-order chi connectivity index (χ0) is 18.9. The SMILES string of the molecule is FC(F)(F)c1cc(NC2CCN(Cc3noc(C4CCC4)n3)CC2)ncn1. The van der Waals surface area contributed by atoms with Gasteiger partial charge in [0.15, 0.2) is 5.82 Å². The van der Waals surface area contributed by atoms with E-state index in [1.165, 1.54) is 6.42 Å². The van der Waals surface area contributed by atoms with Gasteiger partial charge in [0.25, 0.3) is 0 Å². The smallest absolute Gasteiger partial charge is 0.367 e. The first-order valence-electron chi connectivity index (χ1n) is 9.18. The fourth-order valence-corrected chi connectivity index (χ4v) is 3.39. The Bertz CT molecular complexity index is 768. The highest BCUT2D eigenvalue weighted by Gasteiger charge is 2.33. The highest BCUT2D eigenvalue weighted by atomic mass is 19.4. The summed E-state index contributed by atoms with van der Waals surface area (Å²) in [6.07, 6.45) is 1.55. The molecule has 0 spiro atoms. The summed E-state index contributed by atoms with van der Waals surface area (Å²) in [5.74, 6) is 2.08. The molecule has 0 radical (unpaired) electrons. The van der Waals surface area contributed by atoms with Crippen LogP contribution in [0.2, 0.25) is 0 Å². The molecule has 2 fully saturated rings. The van der Waals surface area contributed by atoms with E-state index in [4.69, 9.17) is 4.52 Å². The maximum atomic E-state index is 12.7. The summed E-state index contributed by atoms with van der Waals surface area (Å²) in [5, 5.41) is 7.15. The average Bonchev–Trinajstić information content (AvgIpc) is 3.02. The molecule has 1 N–H and O–H groups in total. The van der Waals surface area contributed by atoms with Gasteiger partial charge in [-0.25, -0.2) is 9.97 Å². The van der Waals surface area contributed by atoms with Gasteiger partial charge in [-0.05, 0) is 25.7 Å². The Kier molecular flexibility index (Phi) is 4.98. The largest absolute Gasteiger partial charge is 0.433 e. The monoisotopic (exact) mass is 382 g/mol. The van der Waals surface area contributed by atoms with E-state index in [0.29, 0.717) is 18.3 Å². The first-order chi connectivity index (χ1) is 13.0. The minimum absolute atomic E-state index is 0.0769. The maximum absolute atomic E-state index is 12.7. The Morgan fingerprint density at radius 2 is 1.93 bits per heavy atom. The van der Waals surface area contributed by atoms with E-state index in [1.807, 2.05) is 0 Å². The predicted molar refractivity (Wildman–Crippen MR) is 89.8 cm³/mol. The number of likely N-dealkylation sites (tertiary alicyclic amines) is 1. The van der Waals surface area contributed by atoms with Crippen LogP contribution >= 0.6 is 0 Å². The van der Waals surface area contributed by atoms with Crippen molar-refractivity contribution < 1.29 is 17.7 Å². The van der Waals surface area contributed by atoms with Gasteiger partial charge in [-0.2, -0.15) is 18.2 Å². The van der Waals surface area contributed by atoms with Gasteiger partial charge in [0.2, 0.25) is 5.89 Å². The number of nitrogens with zero attached hydrogens (tertiary/aromatic N) is 5. The van der Waals surface area contributed by atoms with Crippen molar-refractivity contribution in [2.75, 3.05) is 18.4 Å². The third-order valence-electron chi connectivity index (χ3n) is 5.20. The normalized spacial score (nSPS) is 19.8. The van der Waals surface area contributed by atoms with E-state index in [2.05, 4.69) is 30.3 Å². The minimum Gasteiger partial charge on any atom is -0.367 e. The maximum Gasteiger partial charge on any atom is 0.433 e. The number of halogens is 3. The number of hydrogen-bond acceptors (Lipinski definition) is 7. The van der Waals surface area contributed by atoms with Crippen molar-refractivity contribution in [2.24, 2.45) is 0 Å². The van der Waals surface area contributed by atoms with Gasteiger partial charge in [0, 0.05) is 31.1 Å². The molecular weight excluding hydrogens is 361 g/mol. The van der Waals surface area contributed by atoms with Crippen LogP contribution in [-0.4, -0.2) is 44.1 Å². The molecule has 10 heteroatoms. The molecule has 27 heavy (non-hydrogen) atoms. The zero-order valence-corrected chi connectivity index (χ0v) is 14.7. The Hall–Kier alpha value is -2.23. The third kappa shape index (κ3) is 4.37. The predicted octanol–water partition coefficient (Wildman–Crippen LogP) is 3.22. The molecule has 0 amide bonds.